The molecule has 1 aromatic carbocycles. The Morgan fingerprint density at radius 3 is 2.77 bits per heavy atom. The number of rotatable bonds is 2. The number of amides is 1. The molecule has 0 aliphatic carbocycles. The van der Waals surface area contributed by atoms with Crippen LogP contribution >= 0.6 is 0 Å². The lowest BCUT2D eigenvalue weighted by atomic mass is 10.1. The maximum atomic E-state index is 11.2. The molecule has 1 aromatic rings. The van der Waals surface area contributed by atoms with E-state index in [1.165, 1.54) is 7.11 Å². The monoisotopic (exact) mass is 181 g/mol. The number of hydrogen-bond acceptors (Lipinski definition) is 2. The van der Waals surface area contributed by atoms with Gasteiger partial charge in [0.2, 0.25) is 0 Å². The largest absolute Gasteiger partial charge is 0.325 e. The maximum absolute atomic E-state index is 11.2. The van der Waals surface area contributed by atoms with Crippen LogP contribution in [0.4, 0.5) is 5.69 Å². The summed E-state index contributed by atoms with van der Waals surface area (Å²) in [5, 5.41) is 0. The average Bonchev–Trinajstić information content (AvgIpc) is 2.10. The van der Waals surface area contributed by atoms with Gasteiger partial charge in [-0.25, -0.2) is 5.48 Å². The van der Waals surface area contributed by atoms with E-state index in [1.54, 1.807) is 12.1 Å². The first kappa shape index (κ1) is 9.70. The van der Waals surface area contributed by atoms with Crippen LogP contribution < -0.4 is 11.2 Å². The number of benzene rings is 1. The maximum Gasteiger partial charge on any atom is 0.275 e. The van der Waals surface area contributed by atoms with Crippen LogP contribution in [0.1, 0.15) is 15.9 Å². The Morgan fingerprint density at radius 2 is 2.23 bits per heavy atom. The summed E-state index contributed by atoms with van der Waals surface area (Å²) >= 11 is 0. The fourth-order valence-corrected chi connectivity index (χ4v) is 0.964. The van der Waals surface area contributed by atoms with E-state index in [2.05, 4.69) is 16.1 Å². The van der Waals surface area contributed by atoms with Gasteiger partial charge < -0.3 is 5.73 Å². The average molecular weight is 181 g/mol. The first-order chi connectivity index (χ1) is 6.15. The lowest BCUT2D eigenvalue weighted by Crippen LogP contribution is -2.41. The van der Waals surface area contributed by atoms with Gasteiger partial charge >= 0.3 is 0 Å². The molecule has 0 bridgehead atoms. The van der Waals surface area contributed by atoms with Crippen molar-refractivity contribution in [3.8, 4) is 0 Å². The molecule has 0 atom stereocenters. The van der Waals surface area contributed by atoms with Crippen LogP contribution in [0.3, 0.4) is 0 Å². The molecule has 0 spiro atoms. The second kappa shape index (κ2) is 4.02. The van der Waals surface area contributed by atoms with Gasteiger partial charge in [0.15, 0.2) is 0 Å². The molecule has 0 fully saturated rings. The normalized spacial score (nSPS) is 9.77. The summed E-state index contributed by atoms with van der Waals surface area (Å²) < 4.78 is 0. The number of carbonyl (C=O) groups excluding carboxylic acids is 1. The molecular formula is C9H13N2O2+. The molecule has 4 nitrogen and oxygen atoms in total. The number of nitrogens with one attached hydrogen (secondary N) is 1. The number of aryl methyl sites for hydroxylation is 1. The molecule has 70 valence electrons. The predicted octanol–water partition coefficient (Wildman–Crippen LogP) is 0.160. The van der Waals surface area contributed by atoms with E-state index < -0.39 is 0 Å². The van der Waals surface area contributed by atoms with Crippen molar-refractivity contribution < 1.29 is 15.4 Å². The molecule has 0 radical (unpaired) electrons. The summed E-state index contributed by atoms with van der Waals surface area (Å²) in [7, 11) is 1.40. The molecule has 13 heavy (non-hydrogen) atoms. The second-order valence-electron chi connectivity index (χ2n) is 2.78. The van der Waals surface area contributed by atoms with Gasteiger partial charge in [-0.2, -0.15) is 0 Å². The molecule has 0 saturated heterocycles. The zero-order chi connectivity index (χ0) is 9.84. The minimum atomic E-state index is -0.257. The Kier molecular flexibility index (Phi) is 3.00. The third kappa shape index (κ3) is 2.27. The molecule has 1 amide bonds. The van der Waals surface area contributed by atoms with Crippen LogP contribution in [-0.4, -0.2) is 13.0 Å². The van der Waals surface area contributed by atoms with Crippen molar-refractivity contribution in [3.05, 3.63) is 29.3 Å². The van der Waals surface area contributed by atoms with Crippen LogP contribution in [0, 0.1) is 6.92 Å². The van der Waals surface area contributed by atoms with Crippen LogP contribution in [0.15, 0.2) is 18.2 Å². The topological polar surface area (TPSA) is 66.0 Å². The lowest BCUT2D eigenvalue weighted by Gasteiger charge is -2.02. The van der Waals surface area contributed by atoms with E-state index in [0.29, 0.717) is 5.56 Å². The molecule has 4 heteroatoms. The van der Waals surface area contributed by atoms with Gasteiger partial charge in [0, 0.05) is 17.2 Å². The predicted molar refractivity (Wildman–Crippen MR) is 48.2 cm³/mol. The third-order valence-corrected chi connectivity index (χ3v) is 1.81. The van der Waals surface area contributed by atoms with E-state index in [1.807, 2.05) is 13.0 Å². The van der Waals surface area contributed by atoms with Crippen molar-refractivity contribution in [1.29, 1.82) is 0 Å². The van der Waals surface area contributed by atoms with Gasteiger partial charge in [-0.1, -0.05) is 6.07 Å². The quantitative estimate of drug-likeness (QED) is 0.638. The summed E-state index contributed by atoms with van der Waals surface area (Å²) in [4.78, 5) is 15.8. The molecule has 0 saturated carbocycles. The zero-order valence-corrected chi connectivity index (χ0v) is 7.76. The summed E-state index contributed by atoms with van der Waals surface area (Å²) in [5.41, 5.74) is 8.51. The zero-order valence-electron chi connectivity index (χ0n) is 7.76. The van der Waals surface area contributed by atoms with Gasteiger partial charge in [0.05, 0.1) is 7.11 Å². The highest BCUT2D eigenvalue weighted by molar-refractivity contribution is 5.94. The molecule has 0 aliphatic rings. The Bertz CT molecular complexity index is 323. The van der Waals surface area contributed by atoms with Crippen molar-refractivity contribution in [1.82, 2.24) is 5.48 Å². The van der Waals surface area contributed by atoms with Gasteiger partial charge in [-0.05, 0) is 13.0 Å². The smallest absolute Gasteiger partial charge is 0.275 e. The Morgan fingerprint density at radius 1 is 1.54 bits per heavy atom. The Hall–Kier alpha value is -1.39. The Labute approximate surface area is 76.6 Å². The standard InChI is InChI=1S/C9H12N2O2/c1-6-3-4-7(5-8(6)10)9(12)11-13-2/h3-5H,10H2,1-2H3,(H,11,12)/p+1. The highest BCUT2D eigenvalue weighted by Gasteiger charge is 2.06. The number of hydrogen-bond donors (Lipinski definition) is 2. The summed E-state index contributed by atoms with van der Waals surface area (Å²) in [6, 6.07) is 5.31. The van der Waals surface area contributed by atoms with Gasteiger partial charge in [0.25, 0.3) is 5.91 Å². The number of carbonyl (C=O) groups is 1. The van der Waals surface area contributed by atoms with Crippen LogP contribution in [0.2, 0.25) is 0 Å². The fraction of sp³-hybridized carbons (Fsp3) is 0.222. The summed E-state index contributed by atoms with van der Waals surface area (Å²) in [6.07, 6.45) is 0. The van der Waals surface area contributed by atoms with E-state index in [-0.39, 0.29) is 5.91 Å². The minimum absolute atomic E-state index is 0.257. The minimum Gasteiger partial charge on any atom is -0.325 e. The van der Waals surface area contributed by atoms with E-state index in [9.17, 15) is 4.79 Å². The lowest BCUT2D eigenvalue weighted by molar-refractivity contribution is -0.255. The SMILES string of the molecule is CONC(=O)c1ccc(C)c([NH3+])c1. The highest BCUT2D eigenvalue weighted by atomic mass is 16.6. The molecule has 0 aromatic heterocycles. The molecule has 0 aliphatic heterocycles. The van der Waals surface area contributed by atoms with Crippen molar-refractivity contribution in [2.24, 2.45) is 0 Å². The molecule has 0 unspecified atom stereocenters. The summed E-state index contributed by atoms with van der Waals surface area (Å²) in [5.74, 6) is -0.257. The van der Waals surface area contributed by atoms with E-state index in [4.69, 9.17) is 0 Å². The molecule has 0 heterocycles. The van der Waals surface area contributed by atoms with Gasteiger partial charge in [-0.3, -0.25) is 9.63 Å². The van der Waals surface area contributed by atoms with Crippen LogP contribution in [0.5, 0.6) is 0 Å². The first-order valence-corrected chi connectivity index (χ1v) is 3.91. The second-order valence-corrected chi connectivity index (χ2v) is 2.78. The Balaban J connectivity index is 2.90. The van der Waals surface area contributed by atoms with E-state index in [0.717, 1.165) is 11.3 Å². The molecular weight excluding hydrogens is 168 g/mol. The van der Waals surface area contributed by atoms with E-state index >= 15 is 0 Å². The number of quaternary nitrogens is 1. The summed E-state index contributed by atoms with van der Waals surface area (Å²) in [6.45, 7) is 1.94. The number of hydroxylamine groups is 1. The van der Waals surface area contributed by atoms with Crippen molar-refractivity contribution >= 4 is 11.6 Å². The molecule has 1 rings (SSSR count). The fourth-order valence-electron chi connectivity index (χ4n) is 0.964. The third-order valence-electron chi connectivity index (χ3n) is 1.81. The molecule has 4 N–H and O–H groups in total. The highest BCUT2D eigenvalue weighted by Crippen LogP contribution is 2.10. The first-order valence-electron chi connectivity index (χ1n) is 3.91. The van der Waals surface area contributed by atoms with Crippen molar-refractivity contribution in [3.63, 3.8) is 0 Å². The van der Waals surface area contributed by atoms with Crippen LogP contribution in [0.25, 0.3) is 0 Å². The van der Waals surface area contributed by atoms with Gasteiger partial charge in [0.1, 0.15) is 5.69 Å². The van der Waals surface area contributed by atoms with Crippen molar-refractivity contribution in [2.45, 2.75) is 6.92 Å². The van der Waals surface area contributed by atoms with Crippen molar-refractivity contribution in [2.75, 3.05) is 7.11 Å². The van der Waals surface area contributed by atoms with Crippen LogP contribution in [-0.2, 0) is 4.84 Å². The van der Waals surface area contributed by atoms with Gasteiger partial charge in [-0.15, -0.1) is 0 Å².